The minimum atomic E-state index is -0.501. The third kappa shape index (κ3) is 4.38. The molecule has 2 aliphatic rings. The van der Waals surface area contributed by atoms with Gasteiger partial charge in [-0.2, -0.15) is 5.10 Å². The second-order valence-corrected chi connectivity index (χ2v) is 7.40. The van der Waals surface area contributed by atoms with Crippen molar-refractivity contribution in [3.05, 3.63) is 52.2 Å². The number of nitrogens with zero attached hydrogens (tertiary/aromatic N) is 3. The topological polar surface area (TPSA) is 122 Å². The van der Waals surface area contributed by atoms with Gasteiger partial charge in [-0.15, -0.1) is 0 Å². The van der Waals surface area contributed by atoms with E-state index in [0.29, 0.717) is 13.0 Å². The number of fused-ring (bicyclic) bond motifs is 1. The molecule has 2 unspecified atom stereocenters. The molecule has 2 atom stereocenters. The van der Waals surface area contributed by atoms with E-state index in [1.54, 1.807) is 4.57 Å². The van der Waals surface area contributed by atoms with Gasteiger partial charge in [0.2, 0.25) is 0 Å². The molecule has 0 aliphatic carbocycles. The highest BCUT2D eigenvalue weighted by molar-refractivity contribution is 5.85. The van der Waals surface area contributed by atoms with E-state index in [1.165, 1.54) is 0 Å². The predicted molar refractivity (Wildman–Crippen MR) is 104 cm³/mol. The quantitative estimate of drug-likeness (QED) is 0.516. The Hall–Kier alpha value is -2.98. The summed E-state index contributed by atoms with van der Waals surface area (Å²) in [4.78, 5) is 36.9. The first-order valence-electron chi connectivity index (χ1n) is 9.93. The zero-order chi connectivity index (χ0) is 20.2. The van der Waals surface area contributed by atoms with Crippen molar-refractivity contribution in [3.63, 3.8) is 0 Å². The van der Waals surface area contributed by atoms with Crippen LogP contribution in [0.25, 0.3) is 0 Å². The highest BCUT2D eigenvalue weighted by atomic mass is 16.2. The molecule has 29 heavy (non-hydrogen) atoms. The number of amides is 2. The lowest BCUT2D eigenvalue weighted by molar-refractivity contribution is -0.130. The fraction of sp³-hybridized carbons (Fsp3) is 0.474. The van der Waals surface area contributed by atoms with E-state index in [0.717, 1.165) is 41.8 Å². The minimum absolute atomic E-state index is 0.0159. The molecule has 0 bridgehead atoms. The standard InChI is InChI=1S/C19H25N7O3/c27-17(12-26-19(29)25-10-6-2-5-9-16(25)24-26)22-23-18(28)15-11-14(20-21-15)13-7-3-1-4-8-13/h1,3-4,7-8,14-15,20-21H,2,5-6,9-12H2,(H,22,27)(H,23,28). The van der Waals surface area contributed by atoms with Crippen LogP contribution in [0.3, 0.4) is 0 Å². The van der Waals surface area contributed by atoms with Gasteiger partial charge >= 0.3 is 5.69 Å². The van der Waals surface area contributed by atoms with Gasteiger partial charge in [-0.3, -0.25) is 25.0 Å². The third-order valence-corrected chi connectivity index (χ3v) is 5.32. The first-order chi connectivity index (χ1) is 14.1. The molecule has 2 aliphatic heterocycles. The zero-order valence-electron chi connectivity index (χ0n) is 16.1. The summed E-state index contributed by atoms with van der Waals surface area (Å²) in [5.41, 5.74) is 11.6. The number of nitrogens with one attached hydrogen (secondary N) is 4. The van der Waals surface area contributed by atoms with Crippen molar-refractivity contribution in [2.24, 2.45) is 0 Å². The van der Waals surface area contributed by atoms with Crippen LogP contribution in [0.4, 0.5) is 0 Å². The zero-order valence-corrected chi connectivity index (χ0v) is 16.1. The van der Waals surface area contributed by atoms with Crippen LogP contribution in [0.1, 0.15) is 43.1 Å². The van der Waals surface area contributed by atoms with Crippen LogP contribution >= 0.6 is 0 Å². The number of aryl methyl sites for hydroxylation is 1. The Labute approximate surface area is 167 Å². The minimum Gasteiger partial charge on any atom is -0.279 e. The van der Waals surface area contributed by atoms with Crippen LogP contribution in [0.5, 0.6) is 0 Å². The highest BCUT2D eigenvalue weighted by Crippen LogP contribution is 2.21. The fourth-order valence-corrected chi connectivity index (χ4v) is 3.75. The normalized spacial score (nSPS) is 21.2. The number of benzene rings is 1. The van der Waals surface area contributed by atoms with Crippen molar-refractivity contribution in [1.82, 2.24) is 36.1 Å². The van der Waals surface area contributed by atoms with Gasteiger partial charge in [0, 0.05) is 19.0 Å². The van der Waals surface area contributed by atoms with Gasteiger partial charge in [0.25, 0.3) is 11.8 Å². The van der Waals surface area contributed by atoms with E-state index in [4.69, 9.17) is 0 Å². The van der Waals surface area contributed by atoms with Gasteiger partial charge in [-0.1, -0.05) is 36.8 Å². The second-order valence-electron chi connectivity index (χ2n) is 7.40. The smallest absolute Gasteiger partial charge is 0.279 e. The summed E-state index contributed by atoms with van der Waals surface area (Å²) in [6, 6.07) is 9.35. The maximum atomic E-state index is 12.4. The van der Waals surface area contributed by atoms with Gasteiger partial charge in [0.15, 0.2) is 0 Å². The lowest BCUT2D eigenvalue weighted by Crippen LogP contribution is -2.51. The number of hydrogen-bond acceptors (Lipinski definition) is 6. The summed E-state index contributed by atoms with van der Waals surface area (Å²) < 4.78 is 2.79. The summed E-state index contributed by atoms with van der Waals surface area (Å²) in [5.74, 6) is -0.131. The highest BCUT2D eigenvalue weighted by Gasteiger charge is 2.30. The molecule has 10 nitrogen and oxygen atoms in total. The van der Waals surface area contributed by atoms with Crippen molar-refractivity contribution < 1.29 is 9.59 Å². The van der Waals surface area contributed by atoms with E-state index < -0.39 is 11.9 Å². The van der Waals surface area contributed by atoms with Crippen LogP contribution < -0.4 is 27.4 Å². The van der Waals surface area contributed by atoms with Crippen molar-refractivity contribution in [2.45, 2.75) is 57.3 Å². The molecular formula is C19H25N7O3. The Bertz CT molecular complexity index is 937. The van der Waals surface area contributed by atoms with Crippen molar-refractivity contribution >= 4 is 11.8 Å². The Morgan fingerprint density at radius 1 is 1.10 bits per heavy atom. The lowest BCUT2D eigenvalue weighted by atomic mass is 10.0. The van der Waals surface area contributed by atoms with Gasteiger partial charge in [-0.25, -0.2) is 20.3 Å². The van der Waals surface area contributed by atoms with Gasteiger partial charge in [0.1, 0.15) is 18.4 Å². The first kappa shape index (κ1) is 19.3. The number of rotatable bonds is 4. The average Bonchev–Trinajstić information content (AvgIpc) is 3.26. The summed E-state index contributed by atoms with van der Waals surface area (Å²) in [6.07, 6.45) is 4.30. The van der Waals surface area contributed by atoms with Crippen LogP contribution in [-0.4, -0.2) is 32.2 Å². The maximum Gasteiger partial charge on any atom is 0.346 e. The summed E-state index contributed by atoms with van der Waals surface area (Å²) >= 11 is 0. The van der Waals surface area contributed by atoms with E-state index in [2.05, 4.69) is 26.8 Å². The Kier molecular flexibility index (Phi) is 5.72. The molecule has 1 aromatic carbocycles. The lowest BCUT2D eigenvalue weighted by Gasteiger charge is -2.11. The molecule has 1 aromatic heterocycles. The van der Waals surface area contributed by atoms with Gasteiger partial charge < -0.3 is 0 Å². The average molecular weight is 399 g/mol. The third-order valence-electron chi connectivity index (χ3n) is 5.32. The van der Waals surface area contributed by atoms with Gasteiger partial charge in [0.05, 0.1) is 0 Å². The van der Waals surface area contributed by atoms with E-state index in [9.17, 15) is 14.4 Å². The fourth-order valence-electron chi connectivity index (χ4n) is 3.75. The summed E-state index contributed by atoms with van der Waals surface area (Å²) in [7, 11) is 0. The maximum absolute atomic E-state index is 12.4. The van der Waals surface area contributed by atoms with Crippen LogP contribution in [0.2, 0.25) is 0 Å². The van der Waals surface area contributed by atoms with Crippen LogP contribution in [0, 0.1) is 0 Å². The molecule has 0 spiro atoms. The molecule has 4 rings (SSSR count). The Morgan fingerprint density at radius 3 is 2.76 bits per heavy atom. The number of aromatic nitrogens is 3. The molecule has 1 fully saturated rings. The second kappa shape index (κ2) is 8.58. The Balaban J connectivity index is 1.28. The van der Waals surface area contributed by atoms with Crippen molar-refractivity contribution in [1.29, 1.82) is 0 Å². The van der Waals surface area contributed by atoms with Crippen LogP contribution in [0.15, 0.2) is 35.1 Å². The first-order valence-corrected chi connectivity index (χ1v) is 9.93. The largest absolute Gasteiger partial charge is 0.346 e. The van der Waals surface area contributed by atoms with E-state index >= 15 is 0 Å². The Morgan fingerprint density at radius 2 is 1.93 bits per heavy atom. The molecule has 2 aromatic rings. The molecule has 2 amide bonds. The molecule has 1 saturated heterocycles. The van der Waals surface area contributed by atoms with Gasteiger partial charge in [-0.05, 0) is 24.8 Å². The van der Waals surface area contributed by atoms with Crippen molar-refractivity contribution in [2.75, 3.05) is 0 Å². The molecule has 3 heterocycles. The number of hydrogen-bond donors (Lipinski definition) is 4. The monoisotopic (exact) mass is 399 g/mol. The summed E-state index contributed by atoms with van der Waals surface area (Å²) in [5, 5.41) is 4.27. The van der Waals surface area contributed by atoms with E-state index in [1.807, 2.05) is 30.3 Å². The number of carbonyl (C=O) groups excluding carboxylic acids is 2. The van der Waals surface area contributed by atoms with Crippen molar-refractivity contribution in [3.8, 4) is 0 Å². The molecule has 154 valence electrons. The SMILES string of the molecule is O=C(Cn1nc2n(c1=O)CCCCC2)NNC(=O)C1CC(c2ccccc2)NN1. The molecular weight excluding hydrogens is 374 g/mol. The number of hydrazine groups is 2. The molecule has 4 N–H and O–H groups in total. The molecule has 0 saturated carbocycles. The number of carbonyl (C=O) groups is 2. The summed E-state index contributed by atoms with van der Waals surface area (Å²) in [6.45, 7) is 0.400. The van der Waals surface area contributed by atoms with E-state index in [-0.39, 0.29) is 24.2 Å². The predicted octanol–water partition coefficient (Wildman–Crippen LogP) is -0.474. The molecule has 10 heteroatoms. The molecule has 0 radical (unpaired) electrons. The van der Waals surface area contributed by atoms with Crippen LogP contribution in [-0.2, 0) is 29.1 Å².